The van der Waals surface area contributed by atoms with Crippen molar-refractivity contribution in [3.05, 3.63) is 53.6 Å². The number of fused-ring (bicyclic) bond motifs is 1. The molecule has 0 saturated carbocycles. The van der Waals surface area contributed by atoms with E-state index < -0.39 is 10.0 Å². The highest BCUT2D eigenvalue weighted by Gasteiger charge is 2.32. The Morgan fingerprint density at radius 1 is 1.11 bits per heavy atom. The highest BCUT2D eigenvalue weighted by Crippen LogP contribution is 2.31. The first-order chi connectivity index (χ1) is 17.2. The second kappa shape index (κ2) is 11.4. The first-order valence-electron chi connectivity index (χ1n) is 12.7. The number of anilines is 1. The molecule has 1 saturated heterocycles. The maximum absolute atomic E-state index is 13.6. The van der Waals surface area contributed by atoms with Gasteiger partial charge in [0.25, 0.3) is 5.91 Å². The summed E-state index contributed by atoms with van der Waals surface area (Å²) < 4.78 is 29.4. The van der Waals surface area contributed by atoms with Gasteiger partial charge in [-0.15, -0.1) is 0 Å². The molecule has 1 atom stereocenters. The highest BCUT2D eigenvalue weighted by molar-refractivity contribution is 7.89. The van der Waals surface area contributed by atoms with Gasteiger partial charge in [-0.05, 0) is 95.2 Å². The van der Waals surface area contributed by atoms with Crippen molar-refractivity contribution in [1.29, 1.82) is 0 Å². The molecular weight excluding hydrogens is 492 g/mol. The van der Waals surface area contributed by atoms with Gasteiger partial charge in [0.15, 0.2) is 5.13 Å². The Balaban J connectivity index is 1.60. The summed E-state index contributed by atoms with van der Waals surface area (Å²) in [6.07, 6.45) is 4.45. The molecule has 1 aromatic heterocycles. The molecule has 2 aromatic carbocycles. The molecule has 194 valence electrons. The van der Waals surface area contributed by atoms with E-state index in [1.807, 2.05) is 40.1 Å². The summed E-state index contributed by atoms with van der Waals surface area (Å²) in [5.41, 5.74) is 2.48. The van der Waals surface area contributed by atoms with Crippen LogP contribution in [0.5, 0.6) is 0 Å². The predicted octanol–water partition coefficient (Wildman–Crippen LogP) is 5.16. The van der Waals surface area contributed by atoms with E-state index in [4.69, 9.17) is 4.98 Å². The molecule has 7 nitrogen and oxygen atoms in total. The zero-order valence-electron chi connectivity index (χ0n) is 21.6. The number of thiazole rings is 1. The van der Waals surface area contributed by atoms with E-state index in [-0.39, 0.29) is 16.8 Å². The van der Waals surface area contributed by atoms with E-state index in [9.17, 15) is 13.2 Å². The third-order valence-corrected chi connectivity index (χ3v) is 9.76. The van der Waals surface area contributed by atoms with Crippen LogP contribution < -0.4 is 4.90 Å². The van der Waals surface area contributed by atoms with E-state index in [1.54, 1.807) is 33.5 Å². The van der Waals surface area contributed by atoms with Gasteiger partial charge in [-0.1, -0.05) is 30.7 Å². The number of hydrogen-bond donors (Lipinski definition) is 0. The van der Waals surface area contributed by atoms with Gasteiger partial charge in [0.05, 0.1) is 15.1 Å². The molecule has 4 rings (SSSR count). The summed E-state index contributed by atoms with van der Waals surface area (Å²) >= 11 is 1.51. The summed E-state index contributed by atoms with van der Waals surface area (Å²) in [5, 5.41) is 0.662. The van der Waals surface area contributed by atoms with Crippen molar-refractivity contribution in [3.8, 4) is 0 Å². The van der Waals surface area contributed by atoms with E-state index >= 15 is 0 Å². The number of benzene rings is 2. The molecule has 0 bridgehead atoms. The van der Waals surface area contributed by atoms with Crippen LogP contribution in [0.2, 0.25) is 0 Å². The molecule has 1 amide bonds. The van der Waals surface area contributed by atoms with Gasteiger partial charge in [-0.25, -0.2) is 13.4 Å². The van der Waals surface area contributed by atoms with E-state index in [1.165, 1.54) is 11.3 Å². The van der Waals surface area contributed by atoms with Crippen molar-refractivity contribution in [2.45, 2.75) is 56.9 Å². The monoisotopic (exact) mass is 528 g/mol. The quantitative estimate of drug-likeness (QED) is 0.384. The lowest BCUT2D eigenvalue weighted by Gasteiger charge is -2.34. The minimum Gasteiger partial charge on any atom is -0.309 e. The number of sulfonamides is 1. The van der Waals surface area contributed by atoms with Crippen LogP contribution in [0.3, 0.4) is 0 Å². The number of carbonyl (C=O) groups excluding carboxylic acids is 1. The molecule has 1 fully saturated rings. The number of carbonyl (C=O) groups is 1. The van der Waals surface area contributed by atoms with Crippen LogP contribution in [0.25, 0.3) is 10.2 Å². The lowest BCUT2D eigenvalue weighted by atomic mass is 10.0. The Hall–Kier alpha value is -2.33. The van der Waals surface area contributed by atoms with E-state index in [2.05, 4.69) is 11.0 Å². The van der Waals surface area contributed by atoms with Crippen molar-refractivity contribution >= 4 is 42.6 Å². The third kappa shape index (κ3) is 5.80. The number of aromatic nitrogens is 1. The standard InChI is InChI=1S/C27H36N4O3S2/c1-5-22-9-6-7-18-31(22)36(33,34)23-13-11-21(12-14-23)26(32)30(17-8-16-29(3)4)27-28-24-15-10-20(2)19-25(24)35-27/h10-15,19,22H,5-9,16-18H2,1-4H3. The second-order valence-electron chi connectivity index (χ2n) is 9.78. The van der Waals surface area contributed by atoms with Gasteiger partial charge in [-0.3, -0.25) is 9.69 Å². The van der Waals surface area contributed by atoms with E-state index in [0.29, 0.717) is 23.8 Å². The fourth-order valence-corrected chi connectivity index (χ4v) is 7.58. The maximum atomic E-state index is 13.6. The first-order valence-corrected chi connectivity index (χ1v) is 14.9. The lowest BCUT2D eigenvalue weighted by Crippen LogP contribution is -2.43. The number of rotatable bonds is 9. The van der Waals surface area contributed by atoms with Gasteiger partial charge in [0.1, 0.15) is 0 Å². The van der Waals surface area contributed by atoms with Gasteiger partial charge in [0, 0.05) is 24.7 Å². The number of nitrogens with zero attached hydrogens (tertiary/aromatic N) is 4. The van der Waals surface area contributed by atoms with E-state index in [0.717, 1.165) is 54.4 Å². The van der Waals surface area contributed by atoms with Gasteiger partial charge < -0.3 is 4.90 Å². The minimum absolute atomic E-state index is 0.0416. The summed E-state index contributed by atoms with van der Waals surface area (Å²) in [5.74, 6) is -0.169. The highest BCUT2D eigenvalue weighted by atomic mass is 32.2. The molecule has 0 aliphatic carbocycles. The summed E-state index contributed by atoms with van der Waals surface area (Å²) in [6, 6.07) is 12.6. The molecule has 2 heterocycles. The Morgan fingerprint density at radius 3 is 2.56 bits per heavy atom. The molecule has 1 aliphatic rings. The molecule has 0 radical (unpaired) electrons. The van der Waals surface area contributed by atoms with Crippen LogP contribution in [0.15, 0.2) is 47.4 Å². The SMILES string of the molecule is CCC1CCCCN1S(=O)(=O)c1ccc(C(=O)N(CCCN(C)C)c2nc3ccc(C)cc3s2)cc1. The summed E-state index contributed by atoms with van der Waals surface area (Å²) in [4.78, 5) is 22.4. The Bertz CT molecular complexity index is 1300. The van der Waals surface area contributed by atoms with Crippen molar-refractivity contribution in [1.82, 2.24) is 14.2 Å². The Kier molecular flexibility index (Phi) is 8.44. The maximum Gasteiger partial charge on any atom is 0.260 e. The summed E-state index contributed by atoms with van der Waals surface area (Å²) in [6.45, 7) is 6.01. The average molecular weight is 529 g/mol. The third-order valence-electron chi connectivity index (χ3n) is 6.75. The largest absolute Gasteiger partial charge is 0.309 e. The van der Waals surface area contributed by atoms with Crippen LogP contribution in [0.1, 0.15) is 54.9 Å². The smallest absolute Gasteiger partial charge is 0.260 e. The molecule has 1 unspecified atom stereocenters. The Labute approximate surface area is 218 Å². The summed E-state index contributed by atoms with van der Waals surface area (Å²) in [7, 11) is 0.432. The van der Waals surface area contributed by atoms with Crippen molar-refractivity contribution in [2.75, 3.05) is 38.6 Å². The molecule has 3 aromatic rings. The van der Waals surface area contributed by atoms with Gasteiger partial charge >= 0.3 is 0 Å². The van der Waals surface area contributed by atoms with Gasteiger partial charge in [-0.2, -0.15) is 4.31 Å². The zero-order valence-corrected chi connectivity index (χ0v) is 23.2. The normalized spacial score (nSPS) is 17.1. The van der Waals surface area contributed by atoms with Crippen LogP contribution in [0.4, 0.5) is 5.13 Å². The topological polar surface area (TPSA) is 73.8 Å². The van der Waals surface area contributed by atoms with Crippen molar-refractivity contribution < 1.29 is 13.2 Å². The van der Waals surface area contributed by atoms with Crippen molar-refractivity contribution in [2.24, 2.45) is 0 Å². The number of piperidine rings is 1. The molecule has 36 heavy (non-hydrogen) atoms. The Morgan fingerprint density at radius 2 is 1.86 bits per heavy atom. The van der Waals surface area contributed by atoms with Crippen LogP contribution >= 0.6 is 11.3 Å². The number of hydrogen-bond acceptors (Lipinski definition) is 6. The molecule has 0 N–H and O–H groups in total. The lowest BCUT2D eigenvalue weighted by molar-refractivity contribution is 0.0986. The second-order valence-corrected chi connectivity index (χ2v) is 12.7. The number of amides is 1. The molecular formula is C27H36N4O3S2. The minimum atomic E-state index is -3.59. The van der Waals surface area contributed by atoms with Crippen molar-refractivity contribution in [3.63, 3.8) is 0 Å². The van der Waals surface area contributed by atoms with Gasteiger partial charge in [0.2, 0.25) is 10.0 Å². The first kappa shape index (κ1) is 26.7. The fraction of sp³-hybridized carbons (Fsp3) is 0.481. The fourth-order valence-electron chi connectivity index (χ4n) is 4.72. The predicted molar refractivity (Wildman–Crippen MR) is 147 cm³/mol. The van der Waals surface area contributed by atoms with Crippen LogP contribution in [-0.4, -0.2) is 68.3 Å². The van der Waals surface area contributed by atoms with Crippen LogP contribution in [-0.2, 0) is 10.0 Å². The van der Waals surface area contributed by atoms with Crippen LogP contribution in [0, 0.1) is 6.92 Å². The molecule has 9 heteroatoms. The number of aryl methyl sites for hydroxylation is 1. The zero-order chi connectivity index (χ0) is 25.9. The average Bonchev–Trinajstić information content (AvgIpc) is 3.29. The molecule has 0 spiro atoms. The molecule has 1 aliphatic heterocycles.